The highest BCUT2D eigenvalue weighted by Gasteiger charge is 2.17. The molecule has 0 atom stereocenters. The highest BCUT2D eigenvalue weighted by molar-refractivity contribution is 5.96. The fraction of sp³-hybridized carbons (Fsp3) is 0.0909. The minimum absolute atomic E-state index is 0.183. The highest BCUT2D eigenvalue weighted by atomic mass is 16.6. The number of nitro benzene ring substituents is 1. The summed E-state index contributed by atoms with van der Waals surface area (Å²) >= 11 is 0. The number of non-ortho nitro benzene ring substituents is 1. The van der Waals surface area contributed by atoms with E-state index in [1.54, 1.807) is 0 Å². The second-order valence-corrected chi connectivity index (χ2v) is 3.50. The molecular formula is C11H8N2O5. The van der Waals surface area contributed by atoms with Gasteiger partial charge in [-0.1, -0.05) is 6.07 Å². The Hall–Kier alpha value is -2.70. The Balaban J connectivity index is 2.83. The van der Waals surface area contributed by atoms with Gasteiger partial charge in [0.2, 0.25) is 0 Å². The SMILES string of the molecule is COC(=O)c1cc2c([N+](=O)[O-])cccc2[nH]c1=O. The maximum atomic E-state index is 11.6. The van der Waals surface area contributed by atoms with E-state index in [9.17, 15) is 19.7 Å². The lowest BCUT2D eigenvalue weighted by atomic mass is 10.1. The van der Waals surface area contributed by atoms with Crippen molar-refractivity contribution in [3.63, 3.8) is 0 Å². The summed E-state index contributed by atoms with van der Waals surface area (Å²) in [6, 6.07) is 5.43. The Morgan fingerprint density at radius 3 is 2.78 bits per heavy atom. The van der Waals surface area contributed by atoms with E-state index in [2.05, 4.69) is 9.72 Å². The summed E-state index contributed by atoms with van der Waals surface area (Å²) in [5.41, 5.74) is -0.801. The van der Waals surface area contributed by atoms with E-state index < -0.39 is 16.5 Å². The lowest BCUT2D eigenvalue weighted by Gasteiger charge is -2.02. The van der Waals surface area contributed by atoms with Crippen LogP contribution in [-0.4, -0.2) is 23.0 Å². The summed E-state index contributed by atoms with van der Waals surface area (Å²) in [7, 11) is 1.13. The molecule has 0 fully saturated rings. The highest BCUT2D eigenvalue weighted by Crippen LogP contribution is 2.23. The molecule has 0 spiro atoms. The van der Waals surface area contributed by atoms with Gasteiger partial charge in [0, 0.05) is 6.07 Å². The maximum absolute atomic E-state index is 11.6. The molecule has 92 valence electrons. The molecule has 18 heavy (non-hydrogen) atoms. The number of hydrogen-bond donors (Lipinski definition) is 1. The first-order valence-electron chi connectivity index (χ1n) is 4.93. The Bertz CT molecular complexity index is 704. The molecule has 0 aliphatic carbocycles. The third-order valence-corrected chi connectivity index (χ3v) is 2.47. The van der Waals surface area contributed by atoms with Gasteiger partial charge in [-0.05, 0) is 12.1 Å². The van der Waals surface area contributed by atoms with Crippen molar-refractivity contribution >= 4 is 22.6 Å². The van der Waals surface area contributed by atoms with E-state index in [1.807, 2.05) is 0 Å². The predicted molar refractivity (Wildman–Crippen MR) is 62.6 cm³/mol. The fourth-order valence-corrected chi connectivity index (χ4v) is 1.63. The second kappa shape index (κ2) is 4.28. The lowest BCUT2D eigenvalue weighted by Crippen LogP contribution is -2.18. The smallest absolute Gasteiger partial charge is 0.343 e. The summed E-state index contributed by atoms with van der Waals surface area (Å²) in [4.78, 5) is 35.6. The summed E-state index contributed by atoms with van der Waals surface area (Å²) < 4.78 is 4.44. The third-order valence-electron chi connectivity index (χ3n) is 2.47. The van der Waals surface area contributed by atoms with Crippen LogP contribution in [0.5, 0.6) is 0 Å². The van der Waals surface area contributed by atoms with Crippen molar-refractivity contribution in [2.24, 2.45) is 0 Å². The van der Waals surface area contributed by atoms with Gasteiger partial charge < -0.3 is 9.72 Å². The normalized spacial score (nSPS) is 10.3. The summed E-state index contributed by atoms with van der Waals surface area (Å²) in [5, 5.41) is 11.0. The van der Waals surface area contributed by atoms with Crippen LogP contribution < -0.4 is 5.56 Å². The van der Waals surface area contributed by atoms with Crippen molar-refractivity contribution in [1.82, 2.24) is 4.98 Å². The molecule has 1 aromatic carbocycles. The summed E-state index contributed by atoms with van der Waals surface area (Å²) in [6.07, 6.45) is 0. The first-order valence-corrected chi connectivity index (χ1v) is 4.93. The number of aromatic amines is 1. The third kappa shape index (κ3) is 1.81. The molecule has 0 saturated heterocycles. The zero-order valence-electron chi connectivity index (χ0n) is 9.30. The number of fused-ring (bicyclic) bond motifs is 1. The van der Waals surface area contributed by atoms with Crippen LogP contribution in [0.25, 0.3) is 10.9 Å². The van der Waals surface area contributed by atoms with E-state index in [0.29, 0.717) is 5.52 Å². The number of rotatable bonds is 2. The number of benzene rings is 1. The van der Waals surface area contributed by atoms with Crippen LogP contribution in [0.3, 0.4) is 0 Å². The van der Waals surface area contributed by atoms with Crippen molar-refractivity contribution in [3.8, 4) is 0 Å². The van der Waals surface area contributed by atoms with E-state index in [0.717, 1.165) is 13.2 Å². The average molecular weight is 248 g/mol. The number of H-pyrrole nitrogens is 1. The van der Waals surface area contributed by atoms with Crippen LogP contribution in [0.4, 0.5) is 5.69 Å². The summed E-state index contributed by atoms with van der Waals surface area (Å²) in [6.45, 7) is 0. The van der Waals surface area contributed by atoms with Crippen molar-refractivity contribution in [2.45, 2.75) is 0 Å². The Morgan fingerprint density at radius 2 is 2.17 bits per heavy atom. The van der Waals surface area contributed by atoms with E-state index in [-0.39, 0.29) is 16.6 Å². The Morgan fingerprint density at radius 1 is 1.44 bits per heavy atom. The number of esters is 1. The van der Waals surface area contributed by atoms with Gasteiger partial charge in [-0.15, -0.1) is 0 Å². The molecule has 0 aliphatic heterocycles. The number of nitro groups is 1. The quantitative estimate of drug-likeness (QED) is 0.489. The van der Waals surface area contributed by atoms with Crippen LogP contribution in [0.15, 0.2) is 29.1 Å². The van der Waals surface area contributed by atoms with Crippen LogP contribution in [0, 0.1) is 10.1 Å². The number of nitrogens with one attached hydrogen (secondary N) is 1. The zero-order chi connectivity index (χ0) is 13.3. The molecule has 2 aromatic rings. The van der Waals surface area contributed by atoms with E-state index in [4.69, 9.17) is 0 Å². The van der Waals surface area contributed by atoms with Gasteiger partial charge in [-0.25, -0.2) is 4.79 Å². The number of carbonyl (C=O) groups excluding carboxylic acids is 1. The zero-order valence-corrected chi connectivity index (χ0v) is 9.30. The molecule has 2 rings (SSSR count). The predicted octanol–water partition coefficient (Wildman–Crippen LogP) is 1.22. The van der Waals surface area contributed by atoms with Gasteiger partial charge in [-0.2, -0.15) is 0 Å². The second-order valence-electron chi connectivity index (χ2n) is 3.50. The van der Waals surface area contributed by atoms with Gasteiger partial charge in [0.05, 0.1) is 22.9 Å². The van der Waals surface area contributed by atoms with Gasteiger partial charge in [0.1, 0.15) is 5.56 Å². The van der Waals surface area contributed by atoms with Crippen molar-refractivity contribution in [1.29, 1.82) is 0 Å². The fourth-order valence-electron chi connectivity index (χ4n) is 1.63. The standard InChI is InChI=1S/C11H8N2O5/c1-18-11(15)7-5-6-8(12-10(7)14)3-2-4-9(6)13(16)17/h2-5H,1H3,(H,12,14). The van der Waals surface area contributed by atoms with Crippen molar-refractivity contribution in [3.05, 3.63) is 50.3 Å². The minimum Gasteiger partial charge on any atom is -0.465 e. The largest absolute Gasteiger partial charge is 0.465 e. The molecule has 0 bridgehead atoms. The maximum Gasteiger partial charge on any atom is 0.343 e. The van der Waals surface area contributed by atoms with Gasteiger partial charge in [0.25, 0.3) is 11.2 Å². The number of carbonyl (C=O) groups is 1. The van der Waals surface area contributed by atoms with Gasteiger partial charge >= 0.3 is 5.97 Å². The number of methoxy groups -OCH3 is 1. The first kappa shape index (κ1) is 11.8. The van der Waals surface area contributed by atoms with E-state index in [1.165, 1.54) is 18.2 Å². The lowest BCUT2D eigenvalue weighted by molar-refractivity contribution is -0.383. The average Bonchev–Trinajstić information content (AvgIpc) is 2.36. The number of hydrogen-bond acceptors (Lipinski definition) is 5. The van der Waals surface area contributed by atoms with E-state index >= 15 is 0 Å². The first-order chi connectivity index (χ1) is 8.54. The monoisotopic (exact) mass is 248 g/mol. The van der Waals surface area contributed by atoms with Gasteiger partial charge in [0.15, 0.2) is 0 Å². The summed E-state index contributed by atoms with van der Waals surface area (Å²) in [5.74, 6) is -0.837. The number of nitrogens with zero attached hydrogens (tertiary/aromatic N) is 1. The molecule has 1 heterocycles. The minimum atomic E-state index is -0.837. The number of pyridine rings is 1. The van der Waals surface area contributed by atoms with Crippen LogP contribution in [0.1, 0.15) is 10.4 Å². The molecular weight excluding hydrogens is 240 g/mol. The topological polar surface area (TPSA) is 102 Å². The molecule has 1 N–H and O–H groups in total. The molecule has 0 radical (unpaired) electrons. The van der Waals surface area contributed by atoms with Crippen molar-refractivity contribution < 1.29 is 14.5 Å². The van der Waals surface area contributed by atoms with Crippen LogP contribution >= 0.6 is 0 Å². The molecule has 7 nitrogen and oxygen atoms in total. The van der Waals surface area contributed by atoms with Crippen LogP contribution in [-0.2, 0) is 4.74 Å². The van der Waals surface area contributed by atoms with Crippen molar-refractivity contribution in [2.75, 3.05) is 7.11 Å². The number of ether oxygens (including phenoxy) is 1. The molecule has 0 saturated carbocycles. The number of aromatic nitrogens is 1. The molecule has 0 aliphatic rings. The van der Waals surface area contributed by atoms with Crippen LogP contribution in [0.2, 0.25) is 0 Å². The Kier molecular flexibility index (Phi) is 2.80. The van der Waals surface area contributed by atoms with Gasteiger partial charge in [-0.3, -0.25) is 14.9 Å². The Labute approximate surface area is 100 Å². The molecule has 0 unspecified atom stereocenters. The molecule has 7 heteroatoms. The molecule has 0 amide bonds. The molecule has 1 aromatic heterocycles.